The van der Waals surface area contributed by atoms with E-state index >= 15 is 0 Å². The molecule has 1 rings (SSSR count). The van der Waals surface area contributed by atoms with E-state index in [-0.39, 0.29) is 6.10 Å². The van der Waals surface area contributed by atoms with Crippen LogP contribution in [0.4, 0.5) is 0 Å². The van der Waals surface area contributed by atoms with Gasteiger partial charge in [0.2, 0.25) is 0 Å². The van der Waals surface area contributed by atoms with Crippen LogP contribution in [0, 0.1) is 0 Å². The first-order chi connectivity index (χ1) is 8.58. The molecular weight excluding hydrogens is 228 g/mol. The third-order valence-corrected chi connectivity index (χ3v) is 2.83. The Labute approximate surface area is 110 Å². The topological polar surface area (TPSA) is 38.7 Å². The average Bonchev–Trinajstić information content (AvgIpc) is 2.31. The van der Waals surface area contributed by atoms with Crippen LogP contribution in [0.15, 0.2) is 18.2 Å². The first kappa shape index (κ1) is 14.8. The number of aliphatic hydroxyl groups is 1. The molecule has 2 atom stereocenters. The van der Waals surface area contributed by atoms with Gasteiger partial charge >= 0.3 is 0 Å². The van der Waals surface area contributed by atoms with E-state index in [1.54, 1.807) is 0 Å². The Morgan fingerprint density at radius 1 is 1.06 bits per heavy atom. The lowest BCUT2D eigenvalue weighted by atomic mass is 9.95. The van der Waals surface area contributed by atoms with Gasteiger partial charge in [0.05, 0.1) is 19.3 Å². The molecule has 18 heavy (non-hydrogen) atoms. The number of hydrogen-bond acceptors (Lipinski definition) is 3. The van der Waals surface area contributed by atoms with E-state index in [1.165, 1.54) is 5.56 Å². The maximum atomic E-state index is 9.44. The van der Waals surface area contributed by atoms with E-state index in [0.29, 0.717) is 19.1 Å². The fourth-order valence-corrected chi connectivity index (χ4v) is 2.02. The van der Waals surface area contributed by atoms with Gasteiger partial charge in [-0.05, 0) is 50.8 Å². The normalized spacial score (nSPS) is 14.1. The molecular formula is C15H24O3. The van der Waals surface area contributed by atoms with Gasteiger partial charge in [-0.25, -0.2) is 0 Å². The third kappa shape index (κ3) is 4.22. The minimum Gasteiger partial charge on any atom is -0.490 e. The molecule has 0 saturated carbocycles. The van der Waals surface area contributed by atoms with E-state index in [1.807, 2.05) is 39.0 Å². The van der Waals surface area contributed by atoms with Gasteiger partial charge in [-0.15, -0.1) is 0 Å². The smallest absolute Gasteiger partial charge is 0.161 e. The van der Waals surface area contributed by atoms with Crippen molar-refractivity contribution in [3.63, 3.8) is 0 Å². The fraction of sp³-hybridized carbons (Fsp3) is 0.600. The molecule has 0 aliphatic rings. The second-order valence-corrected chi connectivity index (χ2v) is 4.56. The van der Waals surface area contributed by atoms with Crippen molar-refractivity contribution in [3.05, 3.63) is 23.8 Å². The molecule has 1 aromatic rings. The molecule has 0 aliphatic heterocycles. The van der Waals surface area contributed by atoms with Crippen molar-refractivity contribution in [2.24, 2.45) is 0 Å². The molecule has 0 radical (unpaired) electrons. The van der Waals surface area contributed by atoms with Crippen LogP contribution in [0.3, 0.4) is 0 Å². The molecule has 102 valence electrons. The average molecular weight is 252 g/mol. The second-order valence-electron chi connectivity index (χ2n) is 4.56. The highest BCUT2D eigenvalue weighted by Gasteiger charge is 2.12. The summed E-state index contributed by atoms with van der Waals surface area (Å²) in [6.07, 6.45) is 0.460. The maximum Gasteiger partial charge on any atom is 0.161 e. The SMILES string of the molecule is CCOc1ccc(C(C)CC(C)O)cc1OCC. The number of hydrogen-bond donors (Lipinski definition) is 1. The van der Waals surface area contributed by atoms with Crippen molar-refractivity contribution >= 4 is 0 Å². The van der Waals surface area contributed by atoms with Gasteiger partial charge in [0.1, 0.15) is 0 Å². The molecule has 0 aliphatic carbocycles. The number of rotatable bonds is 7. The Kier molecular flexibility index (Phi) is 5.99. The summed E-state index contributed by atoms with van der Waals surface area (Å²) >= 11 is 0. The molecule has 0 fully saturated rings. The van der Waals surface area contributed by atoms with Crippen molar-refractivity contribution in [1.29, 1.82) is 0 Å². The van der Waals surface area contributed by atoms with Gasteiger partial charge in [-0.1, -0.05) is 13.0 Å². The minimum atomic E-state index is -0.290. The largest absolute Gasteiger partial charge is 0.490 e. The number of benzene rings is 1. The fourth-order valence-electron chi connectivity index (χ4n) is 2.02. The standard InChI is InChI=1S/C15H24O3/c1-5-17-14-8-7-13(10-15(14)18-6-2)11(3)9-12(4)16/h7-8,10-12,16H,5-6,9H2,1-4H3. The monoisotopic (exact) mass is 252 g/mol. The van der Waals surface area contributed by atoms with E-state index in [2.05, 4.69) is 6.92 Å². The van der Waals surface area contributed by atoms with Gasteiger partial charge in [-0.3, -0.25) is 0 Å². The molecule has 0 amide bonds. The summed E-state index contributed by atoms with van der Waals surface area (Å²) in [4.78, 5) is 0. The lowest BCUT2D eigenvalue weighted by molar-refractivity contribution is 0.176. The van der Waals surface area contributed by atoms with Crippen LogP contribution in [0.5, 0.6) is 11.5 Å². The lowest BCUT2D eigenvalue weighted by Crippen LogP contribution is -2.06. The van der Waals surface area contributed by atoms with Crippen LogP contribution in [0.1, 0.15) is 45.6 Å². The highest BCUT2D eigenvalue weighted by Crippen LogP contribution is 2.32. The molecule has 0 spiro atoms. The van der Waals surface area contributed by atoms with E-state index in [0.717, 1.165) is 17.9 Å². The van der Waals surface area contributed by atoms with Gasteiger partial charge in [-0.2, -0.15) is 0 Å². The zero-order valence-corrected chi connectivity index (χ0v) is 11.8. The maximum absolute atomic E-state index is 9.44. The van der Waals surface area contributed by atoms with Gasteiger partial charge in [0.25, 0.3) is 0 Å². The molecule has 3 heteroatoms. The summed E-state index contributed by atoms with van der Waals surface area (Å²) < 4.78 is 11.1. The lowest BCUT2D eigenvalue weighted by Gasteiger charge is -2.17. The van der Waals surface area contributed by atoms with Crippen molar-refractivity contribution in [1.82, 2.24) is 0 Å². The van der Waals surface area contributed by atoms with Crippen LogP contribution in [-0.4, -0.2) is 24.4 Å². The Morgan fingerprint density at radius 3 is 2.22 bits per heavy atom. The van der Waals surface area contributed by atoms with Crippen molar-refractivity contribution in [2.75, 3.05) is 13.2 Å². The molecule has 3 nitrogen and oxygen atoms in total. The first-order valence-electron chi connectivity index (χ1n) is 6.66. The third-order valence-electron chi connectivity index (χ3n) is 2.83. The Balaban J connectivity index is 2.91. The molecule has 1 N–H and O–H groups in total. The zero-order valence-electron chi connectivity index (χ0n) is 11.8. The summed E-state index contributed by atoms with van der Waals surface area (Å²) in [7, 11) is 0. The summed E-state index contributed by atoms with van der Waals surface area (Å²) in [6.45, 7) is 9.09. The van der Waals surface area contributed by atoms with Crippen LogP contribution in [-0.2, 0) is 0 Å². The van der Waals surface area contributed by atoms with Crippen LogP contribution < -0.4 is 9.47 Å². The van der Waals surface area contributed by atoms with Crippen molar-refractivity contribution in [2.45, 2.75) is 46.1 Å². The highest BCUT2D eigenvalue weighted by molar-refractivity contribution is 5.44. The molecule has 0 bridgehead atoms. The Bertz CT molecular complexity index is 361. The van der Waals surface area contributed by atoms with Crippen LogP contribution >= 0.6 is 0 Å². The molecule has 0 saturated heterocycles. The van der Waals surface area contributed by atoms with Crippen LogP contribution in [0.25, 0.3) is 0 Å². The van der Waals surface area contributed by atoms with E-state index in [4.69, 9.17) is 9.47 Å². The van der Waals surface area contributed by atoms with Gasteiger partial charge < -0.3 is 14.6 Å². The quantitative estimate of drug-likeness (QED) is 0.808. The molecule has 1 aromatic carbocycles. The van der Waals surface area contributed by atoms with Crippen molar-refractivity contribution in [3.8, 4) is 11.5 Å². The Hall–Kier alpha value is -1.22. The summed E-state index contributed by atoms with van der Waals surface area (Å²) in [5, 5.41) is 9.44. The van der Waals surface area contributed by atoms with Gasteiger partial charge in [0.15, 0.2) is 11.5 Å². The van der Waals surface area contributed by atoms with Gasteiger partial charge in [0, 0.05) is 0 Å². The minimum absolute atomic E-state index is 0.290. The van der Waals surface area contributed by atoms with Crippen LogP contribution in [0.2, 0.25) is 0 Å². The molecule has 2 unspecified atom stereocenters. The predicted octanol–water partition coefficient (Wildman–Crippen LogP) is 3.36. The summed E-state index contributed by atoms with van der Waals surface area (Å²) in [6, 6.07) is 6.00. The second kappa shape index (κ2) is 7.27. The van der Waals surface area contributed by atoms with Crippen molar-refractivity contribution < 1.29 is 14.6 Å². The summed E-state index contributed by atoms with van der Waals surface area (Å²) in [5.41, 5.74) is 1.17. The first-order valence-corrected chi connectivity index (χ1v) is 6.66. The Morgan fingerprint density at radius 2 is 1.67 bits per heavy atom. The number of aliphatic hydroxyl groups excluding tert-OH is 1. The highest BCUT2D eigenvalue weighted by atomic mass is 16.5. The van der Waals surface area contributed by atoms with E-state index < -0.39 is 0 Å². The molecule has 0 heterocycles. The predicted molar refractivity (Wildman–Crippen MR) is 73.5 cm³/mol. The number of ether oxygens (including phenoxy) is 2. The van der Waals surface area contributed by atoms with E-state index in [9.17, 15) is 5.11 Å². The molecule has 0 aromatic heterocycles. The summed E-state index contributed by atoms with van der Waals surface area (Å²) in [5.74, 6) is 1.88. The zero-order chi connectivity index (χ0) is 13.5.